The van der Waals surface area contributed by atoms with Crippen molar-refractivity contribution in [1.82, 2.24) is 19.1 Å². The van der Waals surface area contributed by atoms with Crippen molar-refractivity contribution in [1.29, 1.82) is 0 Å². The molecule has 2 heterocycles. The molecule has 0 aliphatic rings. The second kappa shape index (κ2) is 21.1. The van der Waals surface area contributed by atoms with Crippen molar-refractivity contribution in [3.05, 3.63) is 131 Å². The van der Waals surface area contributed by atoms with E-state index in [0.29, 0.717) is 53.1 Å². The van der Waals surface area contributed by atoms with Crippen LogP contribution in [0.2, 0.25) is 0 Å². The molecule has 4 aromatic rings. The van der Waals surface area contributed by atoms with E-state index in [9.17, 15) is 28.0 Å². The molecule has 280 valence electrons. The number of imidazole rings is 2. The van der Waals surface area contributed by atoms with Gasteiger partial charge in [-0.25, -0.2) is 28.3 Å². The summed E-state index contributed by atoms with van der Waals surface area (Å²) in [6.07, 6.45) is 17.7. The summed E-state index contributed by atoms with van der Waals surface area (Å²) in [5, 5.41) is 23.6. The van der Waals surface area contributed by atoms with Crippen molar-refractivity contribution in [2.24, 2.45) is 22.9 Å². The zero-order valence-electron chi connectivity index (χ0n) is 28.7. The van der Waals surface area contributed by atoms with Crippen LogP contribution in [-0.4, -0.2) is 67.9 Å². The first-order valence-electron chi connectivity index (χ1n) is 15.5. The molecular weight excluding hydrogens is 694 g/mol. The zero-order chi connectivity index (χ0) is 39.5. The fourth-order valence-electron chi connectivity index (χ4n) is 4.29. The Bertz CT molecular complexity index is 1850. The van der Waals surface area contributed by atoms with Crippen LogP contribution in [0.25, 0.3) is 11.6 Å². The first-order valence-corrected chi connectivity index (χ1v) is 15.5. The lowest BCUT2D eigenvalue weighted by molar-refractivity contribution is -0.105. The SMILES string of the molecule is CNc1cc(CCCc2cc(NC)c(C(=O)O)cc2F)c(F)cc1C(=O)O.N/C(C=O)=C\C=C(/N)n1ccnc1.N/C(C=O)=C\C=C(/N)n1ccnc1. The Morgan fingerprint density at radius 1 is 0.698 bits per heavy atom. The summed E-state index contributed by atoms with van der Waals surface area (Å²) < 4.78 is 31.5. The number of nitrogens with one attached hydrogen (secondary N) is 2. The van der Waals surface area contributed by atoms with E-state index in [-0.39, 0.29) is 35.4 Å². The number of halogens is 2. The molecule has 0 spiro atoms. The number of aldehydes is 2. The maximum absolute atomic E-state index is 14.2. The van der Waals surface area contributed by atoms with Crippen LogP contribution in [-0.2, 0) is 22.4 Å². The fraction of sp³-hybridized carbons (Fsp3) is 0.143. The number of hydrogen-bond donors (Lipinski definition) is 8. The smallest absolute Gasteiger partial charge is 0.337 e. The summed E-state index contributed by atoms with van der Waals surface area (Å²) in [6, 6.07) is 4.79. The van der Waals surface area contributed by atoms with Gasteiger partial charge in [0, 0.05) is 50.3 Å². The number of allylic oxidation sites excluding steroid dienone is 6. The Kier molecular flexibility index (Phi) is 16.7. The lowest BCUT2D eigenvalue weighted by Crippen LogP contribution is -2.07. The van der Waals surface area contributed by atoms with Gasteiger partial charge in [0.25, 0.3) is 0 Å². The molecule has 16 nitrogen and oxygen atoms in total. The van der Waals surface area contributed by atoms with E-state index in [1.807, 2.05) is 0 Å². The van der Waals surface area contributed by atoms with Gasteiger partial charge >= 0.3 is 11.9 Å². The fourth-order valence-corrected chi connectivity index (χ4v) is 4.29. The molecule has 2 aromatic heterocycles. The Hall–Kier alpha value is -7.24. The van der Waals surface area contributed by atoms with Crippen LogP contribution < -0.4 is 33.6 Å². The van der Waals surface area contributed by atoms with Gasteiger partial charge in [-0.05, 0) is 79.0 Å². The first-order chi connectivity index (χ1) is 25.3. The molecule has 0 amide bonds. The van der Waals surface area contributed by atoms with Gasteiger partial charge in [-0.15, -0.1) is 0 Å². The summed E-state index contributed by atoms with van der Waals surface area (Å²) in [5.74, 6) is -2.84. The zero-order valence-corrected chi connectivity index (χ0v) is 28.7. The predicted molar refractivity (Wildman–Crippen MR) is 196 cm³/mol. The lowest BCUT2D eigenvalue weighted by atomic mass is 9.99. The topological polar surface area (TPSA) is 273 Å². The maximum Gasteiger partial charge on any atom is 0.337 e. The average molecular weight is 735 g/mol. The molecule has 0 fully saturated rings. The van der Waals surface area contributed by atoms with Crippen molar-refractivity contribution in [3.63, 3.8) is 0 Å². The molecule has 18 heteroatoms. The molecule has 0 atom stereocenters. The Balaban J connectivity index is 0.000000311. The van der Waals surface area contributed by atoms with E-state index >= 15 is 0 Å². The standard InChI is InChI=1S/C19H20F2N2O4.2C8H10N4O/c1-22-16-6-10(14(20)8-12(16)18(24)25)4-3-5-11-7-17(23-2)13(19(26)27)9-15(11)21;2*9-7(5-13)1-2-8(10)12-4-3-11-6-12/h6-9,22-23H,3-5H2,1-2H3,(H,24,25)(H,26,27);2*1-6H,9-10H2/b;2*7-1-,8-2+. The third-order valence-electron chi connectivity index (χ3n) is 7.04. The number of carboxylic acids is 2. The minimum atomic E-state index is -1.23. The molecule has 4 rings (SSSR count). The first kappa shape index (κ1) is 41.9. The molecule has 0 radical (unpaired) electrons. The Labute approximate surface area is 302 Å². The lowest BCUT2D eigenvalue weighted by Gasteiger charge is -2.12. The minimum Gasteiger partial charge on any atom is -0.478 e. The van der Waals surface area contributed by atoms with Crippen LogP contribution >= 0.6 is 0 Å². The number of carbonyl (C=O) groups excluding carboxylic acids is 2. The van der Waals surface area contributed by atoms with Gasteiger partial charge < -0.3 is 43.8 Å². The number of nitrogens with two attached hydrogens (primary N) is 4. The summed E-state index contributed by atoms with van der Waals surface area (Å²) in [6.45, 7) is 0. The number of carbonyl (C=O) groups is 4. The molecule has 0 aliphatic heterocycles. The molecule has 12 N–H and O–H groups in total. The van der Waals surface area contributed by atoms with E-state index in [1.165, 1.54) is 36.4 Å². The van der Waals surface area contributed by atoms with E-state index in [0.717, 1.165) is 12.1 Å². The Morgan fingerprint density at radius 3 is 1.36 bits per heavy atom. The van der Waals surface area contributed by atoms with Crippen molar-refractivity contribution < 1.29 is 38.2 Å². The van der Waals surface area contributed by atoms with Crippen molar-refractivity contribution in [3.8, 4) is 0 Å². The molecule has 0 unspecified atom stereocenters. The molecular formula is C35H40F2N10O6. The van der Waals surface area contributed by atoms with E-state index in [4.69, 9.17) is 33.1 Å². The highest BCUT2D eigenvalue weighted by Gasteiger charge is 2.16. The molecule has 0 bridgehead atoms. The summed E-state index contributed by atoms with van der Waals surface area (Å²) >= 11 is 0. The number of carboxylic acid groups (broad SMARTS) is 2. The predicted octanol–water partition coefficient (Wildman–Crippen LogP) is 2.98. The van der Waals surface area contributed by atoms with Crippen LogP contribution in [0.15, 0.2) is 97.4 Å². The number of hydrogen-bond acceptors (Lipinski definition) is 12. The molecule has 53 heavy (non-hydrogen) atoms. The van der Waals surface area contributed by atoms with Crippen molar-refractivity contribution >= 4 is 47.5 Å². The van der Waals surface area contributed by atoms with Gasteiger partial charge in [0.2, 0.25) is 0 Å². The second-order valence-electron chi connectivity index (χ2n) is 10.6. The molecule has 0 saturated carbocycles. The van der Waals surface area contributed by atoms with Gasteiger partial charge in [-0.2, -0.15) is 0 Å². The second-order valence-corrected chi connectivity index (χ2v) is 10.6. The van der Waals surface area contributed by atoms with Crippen LogP contribution in [0, 0.1) is 11.6 Å². The highest BCUT2D eigenvalue weighted by molar-refractivity contribution is 5.95. The maximum atomic E-state index is 14.2. The number of rotatable bonds is 14. The van der Waals surface area contributed by atoms with Crippen LogP contribution in [0.3, 0.4) is 0 Å². The third kappa shape index (κ3) is 13.2. The average Bonchev–Trinajstić information content (AvgIpc) is 3.90. The highest BCUT2D eigenvalue weighted by Crippen LogP contribution is 2.25. The molecule has 0 aliphatic carbocycles. The van der Waals surface area contributed by atoms with Gasteiger partial charge in [0.1, 0.15) is 35.9 Å². The van der Waals surface area contributed by atoms with Crippen LogP contribution in [0.4, 0.5) is 20.2 Å². The third-order valence-corrected chi connectivity index (χ3v) is 7.04. The number of aromatic nitrogens is 4. The van der Waals surface area contributed by atoms with Crippen molar-refractivity contribution in [2.45, 2.75) is 19.3 Å². The summed E-state index contributed by atoms with van der Waals surface area (Å²) in [5.41, 5.74) is 22.9. The van der Waals surface area contributed by atoms with Gasteiger partial charge in [0.05, 0.1) is 22.5 Å². The molecule has 0 saturated heterocycles. The van der Waals surface area contributed by atoms with Gasteiger partial charge in [0.15, 0.2) is 12.6 Å². The van der Waals surface area contributed by atoms with Crippen LogP contribution in [0.1, 0.15) is 38.3 Å². The largest absolute Gasteiger partial charge is 0.478 e. The quantitative estimate of drug-likeness (QED) is 0.0526. The number of nitrogens with zero attached hydrogens (tertiary/aromatic N) is 4. The van der Waals surface area contributed by atoms with E-state index in [1.54, 1.807) is 60.7 Å². The summed E-state index contributed by atoms with van der Waals surface area (Å²) in [7, 11) is 3.09. The van der Waals surface area contributed by atoms with E-state index in [2.05, 4.69) is 20.6 Å². The number of benzene rings is 2. The molecule has 2 aromatic carbocycles. The monoisotopic (exact) mass is 734 g/mol. The number of anilines is 2. The minimum absolute atomic E-state index is 0.128. The highest BCUT2D eigenvalue weighted by atomic mass is 19.1. The Morgan fingerprint density at radius 2 is 1.08 bits per heavy atom. The number of aromatic carboxylic acids is 2. The van der Waals surface area contributed by atoms with Gasteiger partial charge in [-0.3, -0.25) is 18.7 Å². The normalized spacial score (nSPS) is 11.7. The van der Waals surface area contributed by atoms with E-state index < -0.39 is 23.6 Å². The summed E-state index contributed by atoms with van der Waals surface area (Å²) in [4.78, 5) is 50.1. The van der Waals surface area contributed by atoms with Gasteiger partial charge in [-0.1, -0.05) is 0 Å². The van der Waals surface area contributed by atoms with Crippen LogP contribution in [0.5, 0.6) is 0 Å². The van der Waals surface area contributed by atoms with Crippen molar-refractivity contribution in [2.75, 3.05) is 24.7 Å². The number of aryl methyl sites for hydroxylation is 2.